The molecule has 1 heterocycles. The fourth-order valence-electron chi connectivity index (χ4n) is 2.90. The highest BCUT2D eigenvalue weighted by molar-refractivity contribution is 5.76. The number of hydrogen-bond donors (Lipinski definition) is 0. The van der Waals surface area contributed by atoms with E-state index in [1.54, 1.807) is 0 Å². The third-order valence-electron chi connectivity index (χ3n) is 4.27. The topological polar surface area (TPSA) is 23.6 Å². The number of nitrogens with zero attached hydrogens (tertiary/aromatic N) is 2. The normalized spacial score (nSPS) is 17.2. The zero-order valence-electron chi connectivity index (χ0n) is 13.2. The Morgan fingerprint density at radius 1 is 1.11 bits per heavy atom. The summed E-state index contributed by atoms with van der Waals surface area (Å²) in [6.45, 7) is 7.47. The molecule has 0 saturated carbocycles. The van der Waals surface area contributed by atoms with Crippen molar-refractivity contribution in [2.45, 2.75) is 71.3 Å². The van der Waals surface area contributed by atoms with E-state index >= 15 is 0 Å². The molecule has 0 aliphatic carbocycles. The zero-order valence-corrected chi connectivity index (χ0v) is 13.2. The summed E-state index contributed by atoms with van der Waals surface area (Å²) < 4.78 is 0. The standard InChI is InChI=1S/C16H32N2O/c1-4-6-7-8-12-17(3)15-10-13-18(14-11-15)16(19)9-5-2/h15H,4-14H2,1-3H3. The maximum atomic E-state index is 11.8. The molecule has 0 aromatic carbocycles. The molecule has 0 aromatic heterocycles. The molecule has 112 valence electrons. The average molecular weight is 268 g/mol. The fourth-order valence-corrected chi connectivity index (χ4v) is 2.90. The molecular formula is C16H32N2O. The summed E-state index contributed by atoms with van der Waals surface area (Å²) >= 11 is 0. The van der Waals surface area contributed by atoms with Crippen LogP contribution < -0.4 is 0 Å². The van der Waals surface area contributed by atoms with Gasteiger partial charge in [0.15, 0.2) is 0 Å². The highest BCUT2D eigenvalue weighted by Gasteiger charge is 2.24. The monoisotopic (exact) mass is 268 g/mol. The van der Waals surface area contributed by atoms with Crippen molar-refractivity contribution in [3.63, 3.8) is 0 Å². The van der Waals surface area contributed by atoms with Crippen LogP contribution in [0, 0.1) is 0 Å². The number of rotatable bonds is 8. The molecule has 3 heteroatoms. The first kappa shape index (κ1) is 16.5. The minimum absolute atomic E-state index is 0.353. The molecule has 0 aromatic rings. The Morgan fingerprint density at radius 3 is 2.37 bits per heavy atom. The first-order valence-corrected chi connectivity index (χ1v) is 8.17. The summed E-state index contributed by atoms with van der Waals surface area (Å²) in [5, 5.41) is 0. The van der Waals surface area contributed by atoms with Crippen molar-refractivity contribution in [3.05, 3.63) is 0 Å². The molecule has 19 heavy (non-hydrogen) atoms. The van der Waals surface area contributed by atoms with Crippen molar-refractivity contribution in [1.82, 2.24) is 9.80 Å². The Bertz CT molecular complexity index is 247. The molecule has 1 amide bonds. The third-order valence-corrected chi connectivity index (χ3v) is 4.27. The summed E-state index contributed by atoms with van der Waals surface area (Å²) in [6.07, 6.45) is 9.33. The maximum absolute atomic E-state index is 11.8. The van der Waals surface area contributed by atoms with Gasteiger partial charge in [-0.05, 0) is 39.3 Å². The Balaban J connectivity index is 2.19. The van der Waals surface area contributed by atoms with E-state index in [-0.39, 0.29) is 0 Å². The van der Waals surface area contributed by atoms with Crippen molar-refractivity contribution in [2.75, 3.05) is 26.7 Å². The van der Waals surface area contributed by atoms with E-state index in [1.807, 2.05) is 0 Å². The zero-order chi connectivity index (χ0) is 14.1. The van der Waals surface area contributed by atoms with Crippen molar-refractivity contribution in [3.8, 4) is 0 Å². The second kappa shape index (κ2) is 9.35. The number of likely N-dealkylation sites (tertiary alicyclic amines) is 1. The lowest BCUT2D eigenvalue weighted by Crippen LogP contribution is -2.45. The predicted octanol–water partition coefficient (Wildman–Crippen LogP) is 3.29. The molecule has 0 atom stereocenters. The van der Waals surface area contributed by atoms with Crippen LogP contribution in [0.3, 0.4) is 0 Å². The first-order chi connectivity index (χ1) is 9.19. The van der Waals surface area contributed by atoms with Crippen LogP contribution >= 0.6 is 0 Å². The summed E-state index contributed by atoms with van der Waals surface area (Å²) in [7, 11) is 2.25. The minimum atomic E-state index is 0.353. The van der Waals surface area contributed by atoms with E-state index in [0.29, 0.717) is 11.9 Å². The molecule has 1 saturated heterocycles. The molecule has 1 aliphatic heterocycles. The number of amides is 1. The van der Waals surface area contributed by atoms with E-state index in [2.05, 4.69) is 30.7 Å². The molecule has 0 radical (unpaired) electrons. The van der Waals surface area contributed by atoms with Gasteiger partial charge >= 0.3 is 0 Å². The van der Waals surface area contributed by atoms with Crippen LogP contribution in [-0.2, 0) is 4.79 Å². The van der Waals surface area contributed by atoms with Gasteiger partial charge in [-0.3, -0.25) is 4.79 Å². The lowest BCUT2D eigenvalue weighted by molar-refractivity contribution is -0.132. The smallest absolute Gasteiger partial charge is 0.222 e. The highest BCUT2D eigenvalue weighted by Crippen LogP contribution is 2.17. The second-order valence-electron chi connectivity index (χ2n) is 5.90. The Morgan fingerprint density at radius 2 is 1.79 bits per heavy atom. The molecule has 0 bridgehead atoms. The van der Waals surface area contributed by atoms with E-state index < -0.39 is 0 Å². The summed E-state index contributed by atoms with van der Waals surface area (Å²) in [5.41, 5.74) is 0. The van der Waals surface area contributed by atoms with E-state index in [4.69, 9.17) is 0 Å². The Kier molecular flexibility index (Phi) is 8.11. The van der Waals surface area contributed by atoms with Gasteiger partial charge in [-0.2, -0.15) is 0 Å². The van der Waals surface area contributed by atoms with Crippen LogP contribution in [0.2, 0.25) is 0 Å². The summed E-state index contributed by atoms with van der Waals surface area (Å²) in [4.78, 5) is 16.4. The van der Waals surface area contributed by atoms with E-state index in [9.17, 15) is 4.79 Å². The van der Waals surface area contributed by atoms with Crippen LogP contribution in [0.4, 0.5) is 0 Å². The van der Waals surface area contributed by atoms with Crippen molar-refractivity contribution in [2.24, 2.45) is 0 Å². The van der Waals surface area contributed by atoms with Crippen LogP contribution in [0.15, 0.2) is 0 Å². The number of carbonyl (C=O) groups is 1. The van der Waals surface area contributed by atoms with Crippen LogP contribution in [-0.4, -0.2) is 48.4 Å². The summed E-state index contributed by atoms with van der Waals surface area (Å²) in [5.74, 6) is 0.353. The highest BCUT2D eigenvalue weighted by atomic mass is 16.2. The van der Waals surface area contributed by atoms with Gasteiger partial charge in [0.05, 0.1) is 0 Å². The number of carbonyl (C=O) groups excluding carboxylic acids is 1. The van der Waals surface area contributed by atoms with Crippen molar-refractivity contribution in [1.29, 1.82) is 0 Å². The van der Waals surface area contributed by atoms with Gasteiger partial charge in [0.25, 0.3) is 0 Å². The predicted molar refractivity (Wildman–Crippen MR) is 81.3 cm³/mol. The number of hydrogen-bond acceptors (Lipinski definition) is 2. The fraction of sp³-hybridized carbons (Fsp3) is 0.938. The third kappa shape index (κ3) is 5.94. The lowest BCUT2D eigenvalue weighted by atomic mass is 10.0. The Hall–Kier alpha value is -0.570. The lowest BCUT2D eigenvalue weighted by Gasteiger charge is -2.37. The Labute approximate surface area is 119 Å². The molecular weight excluding hydrogens is 236 g/mol. The van der Waals surface area contributed by atoms with E-state index in [0.717, 1.165) is 38.8 Å². The average Bonchev–Trinajstić information content (AvgIpc) is 2.44. The molecule has 3 nitrogen and oxygen atoms in total. The molecule has 1 fully saturated rings. The van der Waals surface area contributed by atoms with Gasteiger partial charge in [0.1, 0.15) is 0 Å². The van der Waals surface area contributed by atoms with Gasteiger partial charge in [-0.15, -0.1) is 0 Å². The maximum Gasteiger partial charge on any atom is 0.222 e. The van der Waals surface area contributed by atoms with Crippen molar-refractivity contribution < 1.29 is 4.79 Å². The molecule has 0 spiro atoms. The van der Waals surface area contributed by atoms with Gasteiger partial charge in [0.2, 0.25) is 5.91 Å². The van der Waals surface area contributed by atoms with Gasteiger partial charge < -0.3 is 9.80 Å². The number of piperidine rings is 1. The quantitative estimate of drug-likeness (QED) is 0.631. The van der Waals surface area contributed by atoms with Gasteiger partial charge in [0, 0.05) is 25.6 Å². The van der Waals surface area contributed by atoms with Crippen molar-refractivity contribution >= 4 is 5.91 Å². The molecule has 0 N–H and O–H groups in total. The van der Waals surface area contributed by atoms with Crippen LogP contribution in [0.5, 0.6) is 0 Å². The van der Waals surface area contributed by atoms with E-state index in [1.165, 1.54) is 32.2 Å². The molecule has 1 aliphatic rings. The second-order valence-corrected chi connectivity index (χ2v) is 5.90. The van der Waals surface area contributed by atoms with Gasteiger partial charge in [-0.25, -0.2) is 0 Å². The first-order valence-electron chi connectivity index (χ1n) is 8.17. The minimum Gasteiger partial charge on any atom is -0.343 e. The largest absolute Gasteiger partial charge is 0.343 e. The number of unbranched alkanes of at least 4 members (excludes halogenated alkanes) is 3. The van der Waals surface area contributed by atoms with Crippen LogP contribution in [0.25, 0.3) is 0 Å². The SMILES string of the molecule is CCCCCCN(C)C1CCN(C(=O)CCC)CC1. The molecule has 0 unspecified atom stereocenters. The summed E-state index contributed by atoms with van der Waals surface area (Å²) in [6, 6.07) is 0.687. The molecule has 1 rings (SSSR count). The van der Waals surface area contributed by atoms with Crippen LogP contribution in [0.1, 0.15) is 65.2 Å². The van der Waals surface area contributed by atoms with Gasteiger partial charge in [-0.1, -0.05) is 33.1 Å².